The van der Waals surface area contributed by atoms with Crippen LogP contribution < -0.4 is 10.9 Å². The zero-order valence-electron chi connectivity index (χ0n) is 15.7. The molecule has 2 N–H and O–H groups in total. The number of aryl methyl sites for hydroxylation is 1. The summed E-state index contributed by atoms with van der Waals surface area (Å²) in [5, 5.41) is 3.30. The summed E-state index contributed by atoms with van der Waals surface area (Å²) in [5.74, 6) is 0.123. The van der Waals surface area contributed by atoms with E-state index in [1.165, 1.54) is 4.90 Å². The van der Waals surface area contributed by atoms with Gasteiger partial charge in [0.25, 0.3) is 11.5 Å². The molecule has 1 atom stereocenters. The number of nitrogens with zero attached hydrogens (tertiary/aromatic N) is 2. The number of benzene rings is 2. The Kier molecular flexibility index (Phi) is 4.22. The lowest BCUT2D eigenvalue weighted by molar-refractivity contribution is -0.131. The Morgan fingerprint density at radius 1 is 1.04 bits per heavy atom. The van der Waals surface area contributed by atoms with Crippen LogP contribution in [0.15, 0.2) is 53.3 Å². The van der Waals surface area contributed by atoms with Crippen LogP contribution in [0.3, 0.4) is 0 Å². The van der Waals surface area contributed by atoms with Gasteiger partial charge < -0.3 is 10.3 Å². The lowest BCUT2D eigenvalue weighted by atomic mass is 9.91. The van der Waals surface area contributed by atoms with Crippen molar-refractivity contribution >= 4 is 22.8 Å². The number of carbonyl (C=O) groups is 2. The Bertz CT molecular complexity index is 1140. The fraction of sp³-hybridized carbons (Fsp3) is 0.238. The number of nitrogens with one attached hydrogen (secondary N) is 2. The Labute approximate surface area is 161 Å². The van der Waals surface area contributed by atoms with E-state index in [9.17, 15) is 14.4 Å². The van der Waals surface area contributed by atoms with Crippen LogP contribution in [0.25, 0.3) is 10.9 Å². The lowest BCUT2D eigenvalue weighted by Crippen LogP contribution is -2.41. The molecule has 3 amide bonds. The summed E-state index contributed by atoms with van der Waals surface area (Å²) in [6.45, 7) is 3.80. The van der Waals surface area contributed by atoms with Crippen LogP contribution in [-0.2, 0) is 16.8 Å². The largest absolute Gasteiger partial charge is 0.325 e. The number of hydrogen-bond donors (Lipinski definition) is 2. The highest BCUT2D eigenvalue weighted by Gasteiger charge is 2.48. The maximum Gasteiger partial charge on any atom is 0.325 e. The highest BCUT2D eigenvalue weighted by Crippen LogP contribution is 2.29. The number of aromatic nitrogens is 2. The van der Waals surface area contributed by atoms with Gasteiger partial charge in [-0.05, 0) is 31.5 Å². The molecule has 0 radical (unpaired) electrons. The van der Waals surface area contributed by atoms with Crippen molar-refractivity contribution in [3.63, 3.8) is 0 Å². The number of amides is 3. The van der Waals surface area contributed by atoms with Crippen molar-refractivity contribution in [2.45, 2.75) is 25.8 Å². The van der Waals surface area contributed by atoms with E-state index in [-0.39, 0.29) is 24.4 Å². The van der Waals surface area contributed by atoms with Gasteiger partial charge in [-0.1, -0.05) is 42.0 Å². The zero-order chi connectivity index (χ0) is 19.9. The zero-order valence-corrected chi connectivity index (χ0v) is 15.7. The van der Waals surface area contributed by atoms with Gasteiger partial charge in [0.15, 0.2) is 0 Å². The molecular formula is C21H20N4O3. The summed E-state index contributed by atoms with van der Waals surface area (Å²) in [7, 11) is 0. The summed E-state index contributed by atoms with van der Waals surface area (Å²) in [4.78, 5) is 45.9. The van der Waals surface area contributed by atoms with Gasteiger partial charge in [-0.25, -0.2) is 9.78 Å². The molecule has 0 aliphatic carbocycles. The number of hydrogen-bond acceptors (Lipinski definition) is 4. The molecule has 7 nitrogen and oxygen atoms in total. The molecule has 2 heterocycles. The Balaban J connectivity index is 1.56. The average Bonchev–Trinajstić information content (AvgIpc) is 2.90. The Hall–Kier alpha value is -3.48. The first-order chi connectivity index (χ1) is 13.4. The van der Waals surface area contributed by atoms with Gasteiger partial charge in [0.05, 0.1) is 10.9 Å². The molecular weight excluding hydrogens is 356 g/mol. The van der Waals surface area contributed by atoms with E-state index in [1.54, 1.807) is 25.1 Å². The van der Waals surface area contributed by atoms with Crippen molar-refractivity contribution < 1.29 is 9.59 Å². The summed E-state index contributed by atoms with van der Waals surface area (Å²) < 4.78 is 0. The number of urea groups is 1. The van der Waals surface area contributed by atoms with E-state index in [2.05, 4.69) is 15.3 Å². The lowest BCUT2D eigenvalue weighted by Gasteiger charge is -2.22. The molecule has 28 heavy (non-hydrogen) atoms. The Morgan fingerprint density at radius 2 is 1.75 bits per heavy atom. The van der Waals surface area contributed by atoms with Gasteiger partial charge in [0.1, 0.15) is 11.4 Å². The number of carbonyl (C=O) groups excluding carboxylic acids is 2. The quantitative estimate of drug-likeness (QED) is 0.683. The van der Waals surface area contributed by atoms with Crippen molar-refractivity contribution in [3.05, 3.63) is 75.8 Å². The maximum absolute atomic E-state index is 13.0. The van der Waals surface area contributed by atoms with Gasteiger partial charge in [-0.3, -0.25) is 14.5 Å². The second kappa shape index (κ2) is 6.60. The summed E-state index contributed by atoms with van der Waals surface area (Å²) in [6.07, 6.45) is 0.267. The normalized spacial score (nSPS) is 19.3. The van der Waals surface area contributed by atoms with E-state index in [0.717, 1.165) is 11.1 Å². The van der Waals surface area contributed by atoms with Crippen LogP contribution in [0.2, 0.25) is 0 Å². The molecule has 4 rings (SSSR count). The van der Waals surface area contributed by atoms with Crippen LogP contribution in [0.4, 0.5) is 4.79 Å². The van der Waals surface area contributed by atoms with Crippen molar-refractivity contribution in [3.8, 4) is 0 Å². The maximum atomic E-state index is 13.0. The number of rotatable bonds is 4. The van der Waals surface area contributed by atoms with E-state index >= 15 is 0 Å². The summed E-state index contributed by atoms with van der Waals surface area (Å²) >= 11 is 0. The number of fused-ring (bicyclic) bond motifs is 1. The standard InChI is InChI=1S/C21H20N4O3/c1-13-7-9-14(10-8-13)21(2)19(27)25(20(28)24-21)12-11-17-22-16-6-4-3-5-15(16)18(26)23-17/h3-10H,11-12H2,1-2H3,(H,24,28)(H,22,23,26)/t21-/m0/s1. The topological polar surface area (TPSA) is 95.2 Å². The third-order valence-electron chi connectivity index (χ3n) is 5.14. The van der Waals surface area contributed by atoms with Crippen LogP contribution in [0.5, 0.6) is 0 Å². The molecule has 7 heteroatoms. The van der Waals surface area contributed by atoms with Crippen molar-refractivity contribution in [2.24, 2.45) is 0 Å². The second-order valence-corrected chi connectivity index (χ2v) is 7.16. The number of para-hydroxylation sites is 1. The summed E-state index contributed by atoms with van der Waals surface area (Å²) in [6, 6.07) is 14.1. The Morgan fingerprint density at radius 3 is 2.50 bits per heavy atom. The molecule has 1 saturated heterocycles. The predicted octanol–water partition coefficient (Wildman–Crippen LogP) is 2.24. The van der Waals surface area contributed by atoms with E-state index in [0.29, 0.717) is 16.7 Å². The highest BCUT2D eigenvalue weighted by atomic mass is 16.2. The van der Waals surface area contributed by atoms with Gasteiger partial charge >= 0.3 is 6.03 Å². The monoisotopic (exact) mass is 376 g/mol. The number of aromatic amines is 1. The third kappa shape index (κ3) is 2.94. The van der Waals surface area contributed by atoms with Gasteiger partial charge in [0.2, 0.25) is 0 Å². The molecule has 142 valence electrons. The minimum Gasteiger partial charge on any atom is -0.319 e. The molecule has 3 aromatic rings. The van der Waals surface area contributed by atoms with Gasteiger partial charge in [-0.2, -0.15) is 0 Å². The van der Waals surface area contributed by atoms with Crippen molar-refractivity contribution in [1.29, 1.82) is 0 Å². The van der Waals surface area contributed by atoms with E-state index < -0.39 is 11.6 Å². The molecule has 1 aromatic heterocycles. The molecule has 0 saturated carbocycles. The van der Waals surface area contributed by atoms with Crippen LogP contribution in [0.1, 0.15) is 23.9 Å². The van der Waals surface area contributed by atoms with Gasteiger partial charge in [-0.15, -0.1) is 0 Å². The number of imide groups is 1. The van der Waals surface area contributed by atoms with Crippen LogP contribution >= 0.6 is 0 Å². The molecule has 0 bridgehead atoms. The van der Waals surface area contributed by atoms with E-state index in [4.69, 9.17) is 0 Å². The second-order valence-electron chi connectivity index (χ2n) is 7.16. The molecule has 0 spiro atoms. The highest BCUT2D eigenvalue weighted by molar-refractivity contribution is 6.07. The predicted molar refractivity (Wildman–Crippen MR) is 105 cm³/mol. The van der Waals surface area contributed by atoms with Crippen molar-refractivity contribution in [2.75, 3.05) is 6.54 Å². The average molecular weight is 376 g/mol. The molecule has 1 fully saturated rings. The molecule has 0 unspecified atom stereocenters. The first kappa shape index (κ1) is 17.9. The molecule has 1 aliphatic rings. The van der Waals surface area contributed by atoms with Crippen LogP contribution in [0, 0.1) is 6.92 Å². The SMILES string of the molecule is Cc1ccc([C@]2(C)NC(=O)N(CCc3nc4ccccc4c(=O)[nH]3)C2=O)cc1. The minimum atomic E-state index is -1.10. The molecule has 2 aromatic carbocycles. The fourth-order valence-corrected chi connectivity index (χ4v) is 3.45. The fourth-order valence-electron chi connectivity index (χ4n) is 3.45. The molecule has 1 aliphatic heterocycles. The first-order valence-electron chi connectivity index (χ1n) is 9.08. The first-order valence-corrected chi connectivity index (χ1v) is 9.08. The minimum absolute atomic E-state index is 0.132. The smallest absolute Gasteiger partial charge is 0.319 e. The third-order valence-corrected chi connectivity index (χ3v) is 5.14. The summed E-state index contributed by atoms with van der Waals surface area (Å²) in [5.41, 5.74) is 1.06. The van der Waals surface area contributed by atoms with Crippen molar-refractivity contribution in [1.82, 2.24) is 20.2 Å². The van der Waals surface area contributed by atoms with Crippen LogP contribution in [-0.4, -0.2) is 33.4 Å². The van der Waals surface area contributed by atoms with Gasteiger partial charge in [0, 0.05) is 13.0 Å². The van der Waals surface area contributed by atoms with E-state index in [1.807, 2.05) is 37.3 Å². The number of H-pyrrole nitrogens is 1.